The molecular formula is C16H22FN. The summed E-state index contributed by atoms with van der Waals surface area (Å²) >= 11 is 0. The molecule has 1 aromatic carbocycles. The highest BCUT2D eigenvalue weighted by molar-refractivity contribution is 5.69. The van der Waals surface area contributed by atoms with Crippen LogP contribution < -0.4 is 4.90 Å². The van der Waals surface area contributed by atoms with Gasteiger partial charge in [0.2, 0.25) is 0 Å². The van der Waals surface area contributed by atoms with Crippen LogP contribution in [-0.4, -0.2) is 12.6 Å². The van der Waals surface area contributed by atoms with Gasteiger partial charge >= 0.3 is 0 Å². The average molecular weight is 247 g/mol. The Kier molecular flexibility index (Phi) is 3.74. The van der Waals surface area contributed by atoms with Crippen LogP contribution >= 0.6 is 0 Å². The van der Waals surface area contributed by atoms with Crippen molar-refractivity contribution in [1.29, 1.82) is 0 Å². The molecule has 2 rings (SSSR count). The Morgan fingerprint density at radius 3 is 2.61 bits per heavy atom. The monoisotopic (exact) mass is 247 g/mol. The summed E-state index contributed by atoms with van der Waals surface area (Å²) in [5.74, 6) is -0.0912. The van der Waals surface area contributed by atoms with E-state index in [1.165, 1.54) is 24.6 Å². The van der Waals surface area contributed by atoms with Gasteiger partial charge in [0.15, 0.2) is 0 Å². The SMILES string of the molecule is CC(F)=C(C)c1ccc2c(c1)CCCN2C(C)C. The molecule has 1 nitrogen and oxygen atoms in total. The molecular weight excluding hydrogens is 225 g/mol. The van der Waals surface area contributed by atoms with E-state index in [0.717, 1.165) is 24.1 Å². The summed E-state index contributed by atoms with van der Waals surface area (Å²) in [6, 6.07) is 6.87. The number of benzene rings is 1. The van der Waals surface area contributed by atoms with Gasteiger partial charge in [-0.2, -0.15) is 0 Å². The number of anilines is 1. The lowest BCUT2D eigenvalue weighted by molar-refractivity contribution is 0.625. The Labute approximate surface area is 109 Å². The molecule has 0 spiro atoms. The zero-order valence-electron chi connectivity index (χ0n) is 11.8. The minimum atomic E-state index is -0.0912. The summed E-state index contributed by atoms with van der Waals surface area (Å²) in [7, 11) is 0. The molecule has 0 atom stereocenters. The molecule has 0 N–H and O–H groups in total. The largest absolute Gasteiger partial charge is 0.369 e. The molecule has 0 amide bonds. The Morgan fingerprint density at radius 1 is 1.28 bits per heavy atom. The van der Waals surface area contributed by atoms with Crippen LogP contribution in [0, 0.1) is 0 Å². The first-order chi connectivity index (χ1) is 8.50. The van der Waals surface area contributed by atoms with Crippen LogP contribution in [0.2, 0.25) is 0 Å². The molecule has 0 aliphatic carbocycles. The number of hydrogen-bond acceptors (Lipinski definition) is 1. The van der Waals surface area contributed by atoms with Crippen molar-refractivity contribution in [3.63, 3.8) is 0 Å². The van der Waals surface area contributed by atoms with Gasteiger partial charge in [-0.05, 0) is 69.4 Å². The standard InChI is InChI=1S/C16H22FN/c1-11(2)18-9-5-6-15-10-14(7-8-16(15)18)12(3)13(4)17/h7-8,10-11H,5-6,9H2,1-4H3. The molecule has 0 saturated carbocycles. The molecule has 18 heavy (non-hydrogen) atoms. The van der Waals surface area contributed by atoms with Crippen molar-refractivity contribution in [2.45, 2.75) is 46.6 Å². The minimum Gasteiger partial charge on any atom is -0.369 e. The second kappa shape index (κ2) is 5.13. The first-order valence-corrected chi connectivity index (χ1v) is 6.73. The van der Waals surface area contributed by atoms with Crippen LogP contribution in [0.15, 0.2) is 24.0 Å². The molecule has 1 aliphatic rings. The summed E-state index contributed by atoms with van der Waals surface area (Å²) in [6.07, 6.45) is 2.29. The molecule has 0 saturated heterocycles. The highest BCUT2D eigenvalue weighted by Crippen LogP contribution is 2.32. The zero-order valence-corrected chi connectivity index (χ0v) is 11.8. The summed E-state index contributed by atoms with van der Waals surface area (Å²) in [5, 5.41) is 0. The van der Waals surface area contributed by atoms with Crippen LogP contribution in [0.25, 0.3) is 5.57 Å². The van der Waals surface area contributed by atoms with Gasteiger partial charge in [0.1, 0.15) is 5.83 Å². The molecule has 0 fully saturated rings. The van der Waals surface area contributed by atoms with E-state index < -0.39 is 0 Å². The zero-order chi connectivity index (χ0) is 13.3. The predicted molar refractivity (Wildman–Crippen MR) is 76.6 cm³/mol. The summed E-state index contributed by atoms with van der Waals surface area (Å²) < 4.78 is 13.3. The Morgan fingerprint density at radius 2 is 2.00 bits per heavy atom. The van der Waals surface area contributed by atoms with Crippen molar-refractivity contribution in [3.8, 4) is 0 Å². The Hall–Kier alpha value is -1.31. The van der Waals surface area contributed by atoms with Crippen molar-refractivity contribution in [2.75, 3.05) is 11.4 Å². The van der Waals surface area contributed by atoms with E-state index in [0.29, 0.717) is 6.04 Å². The lowest BCUT2D eigenvalue weighted by Crippen LogP contribution is -2.35. The number of hydrogen-bond donors (Lipinski definition) is 0. The lowest BCUT2D eigenvalue weighted by Gasteiger charge is -2.35. The van der Waals surface area contributed by atoms with Gasteiger partial charge in [-0.3, -0.25) is 0 Å². The molecule has 1 aliphatic heterocycles. The fraction of sp³-hybridized carbons (Fsp3) is 0.500. The molecule has 0 radical (unpaired) electrons. The Balaban J connectivity index is 2.42. The summed E-state index contributed by atoms with van der Waals surface area (Å²) in [6.45, 7) is 8.94. The lowest BCUT2D eigenvalue weighted by atomic mass is 9.95. The van der Waals surface area contributed by atoms with E-state index >= 15 is 0 Å². The van der Waals surface area contributed by atoms with Crippen LogP contribution in [0.4, 0.5) is 10.1 Å². The number of allylic oxidation sites excluding steroid dienone is 2. The molecule has 0 aromatic heterocycles. The first kappa shape index (κ1) is 13.1. The maximum Gasteiger partial charge on any atom is 0.100 e. The van der Waals surface area contributed by atoms with Crippen molar-refractivity contribution in [2.24, 2.45) is 0 Å². The quantitative estimate of drug-likeness (QED) is 0.740. The number of halogens is 1. The minimum absolute atomic E-state index is 0.0912. The topological polar surface area (TPSA) is 3.24 Å². The second-order valence-corrected chi connectivity index (χ2v) is 5.39. The van der Waals surface area contributed by atoms with E-state index in [4.69, 9.17) is 0 Å². The van der Waals surface area contributed by atoms with E-state index in [9.17, 15) is 4.39 Å². The van der Waals surface area contributed by atoms with Gasteiger partial charge in [0, 0.05) is 18.3 Å². The van der Waals surface area contributed by atoms with Crippen molar-refractivity contribution >= 4 is 11.3 Å². The Bertz CT molecular complexity index is 470. The van der Waals surface area contributed by atoms with Crippen LogP contribution in [-0.2, 0) is 6.42 Å². The van der Waals surface area contributed by atoms with Crippen molar-refractivity contribution in [3.05, 3.63) is 35.2 Å². The van der Waals surface area contributed by atoms with Gasteiger partial charge in [-0.15, -0.1) is 0 Å². The number of aryl methyl sites for hydroxylation is 1. The molecule has 1 heterocycles. The summed E-state index contributed by atoms with van der Waals surface area (Å²) in [4.78, 5) is 2.43. The number of rotatable bonds is 2. The molecule has 2 heteroatoms. The fourth-order valence-electron chi connectivity index (χ4n) is 2.59. The fourth-order valence-corrected chi connectivity index (χ4v) is 2.59. The third kappa shape index (κ3) is 2.43. The van der Waals surface area contributed by atoms with Crippen molar-refractivity contribution in [1.82, 2.24) is 0 Å². The maximum absolute atomic E-state index is 13.3. The normalized spacial score (nSPS) is 16.7. The van der Waals surface area contributed by atoms with E-state index in [1.807, 2.05) is 13.0 Å². The molecule has 98 valence electrons. The van der Waals surface area contributed by atoms with Crippen LogP contribution in [0.5, 0.6) is 0 Å². The van der Waals surface area contributed by atoms with Crippen LogP contribution in [0.3, 0.4) is 0 Å². The van der Waals surface area contributed by atoms with Gasteiger partial charge < -0.3 is 4.90 Å². The third-order valence-electron chi connectivity index (χ3n) is 3.81. The van der Waals surface area contributed by atoms with E-state index in [-0.39, 0.29) is 5.83 Å². The molecule has 0 unspecified atom stereocenters. The first-order valence-electron chi connectivity index (χ1n) is 6.73. The number of nitrogens with zero attached hydrogens (tertiary/aromatic N) is 1. The van der Waals surface area contributed by atoms with Gasteiger partial charge in [0.05, 0.1) is 0 Å². The third-order valence-corrected chi connectivity index (χ3v) is 3.81. The molecule has 0 bridgehead atoms. The van der Waals surface area contributed by atoms with E-state index in [2.05, 4.69) is 30.9 Å². The maximum atomic E-state index is 13.3. The average Bonchev–Trinajstić information content (AvgIpc) is 2.36. The van der Waals surface area contributed by atoms with Gasteiger partial charge in [-0.25, -0.2) is 4.39 Å². The molecule has 1 aromatic rings. The number of fused-ring (bicyclic) bond motifs is 1. The van der Waals surface area contributed by atoms with Crippen molar-refractivity contribution < 1.29 is 4.39 Å². The second-order valence-electron chi connectivity index (χ2n) is 5.39. The highest BCUT2D eigenvalue weighted by Gasteiger charge is 2.19. The predicted octanol–water partition coefficient (Wildman–Crippen LogP) is 4.57. The smallest absolute Gasteiger partial charge is 0.100 e. The van der Waals surface area contributed by atoms with E-state index in [1.54, 1.807) is 0 Å². The van der Waals surface area contributed by atoms with Gasteiger partial charge in [0.25, 0.3) is 0 Å². The summed E-state index contributed by atoms with van der Waals surface area (Å²) in [5.41, 5.74) is 4.44. The highest BCUT2D eigenvalue weighted by atomic mass is 19.1. The van der Waals surface area contributed by atoms with Crippen LogP contribution in [0.1, 0.15) is 45.2 Å². The van der Waals surface area contributed by atoms with Gasteiger partial charge in [-0.1, -0.05) is 6.07 Å².